The Morgan fingerprint density at radius 3 is 2.15 bits per heavy atom. The maximum absolute atomic E-state index is 5.90. The summed E-state index contributed by atoms with van der Waals surface area (Å²) in [4.78, 5) is 0. The van der Waals surface area contributed by atoms with Gasteiger partial charge in [0, 0.05) is 6.07 Å². The number of aryl methyl sites for hydroxylation is 2. The predicted octanol–water partition coefficient (Wildman–Crippen LogP) is 4.47. The van der Waals surface area contributed by atoms with Crippen molar-refractivity contribution >= 4 is 5.69 Å². The van der Waals surface area contributed by atoms with Gasteiger partial charge in [0.2, 0.25) is 0 Å². The fraction of sp³-hybridized carbons (Fsp3) is 0.294. The van der Waals surface area contributed by atoms with Gasteiger partial charge in [-0.3, -0.25) is 0 Å². The highest BCUT2D eigenvalue weighted by Crippen LogP contribution is 2.31. The van der Waals surface area contributed by atoms with Crippen molar-refractivity contribution in [1.82, 2.24) is 0 Å². The van der Waals surface area contributed by atoms with Crippen molar-refractivity contribution in [3.63, 3.8) is 0 Å². The van der Waals surface area contributed by atoms with Crippen molar-refractivity contribution in [2.75, 3.05) is 5.73 Å². The van der Waals surface area contributed by atoms with Crippen molar-refractivity contribution in [3.8, 4) is 17.2 Å². The minimum Gasteiger partial charge on any atom is -0.489 e. The van der Waals surface area contributed by atoms with Crippen LogP contribution >= 0.6 is 0 Å². The molecule has 106 valence electrons. The molecule has 0 heterocycles. The van der Waals surface area contributed by atoms with E-state index in [0.29, 0.717) is 11.4 Å². The topological polar surface area (TPSA) is 44.5 Å². The van der Waals surface area contributed by atoms with E-state index in [0.717, 1.165) is 11.5 Å². The lowest BCUT2D eigenvalue weighted by atomic mass is 10.1. The molecule has 0 radical (unpaired) electrons. The molecule has 0 unspecified atom stereocenters. The van der Waals surface area contributed by atoms with Crippen LogP contribution in [0.4, 0.5) is 5.69 Å². The Hall–Kier alpha value is -2.16. The van der Waals surface area contributed by atoms with E-state index < -0.39 is 0 Å². The van der Waals surface area contributed by atoms with E-state index in [2.05, 4.69) is 19.9 Å². The Kier molecular flexibility index (Phi) is 4.18. The first-order valence-corrected chi connectivity index (χ1v) is 6.76. The monoisotopic (exact) mass is 271 g/mol. The Labute approximate surface area is 120 Å². The number of hydrogen-bond acceptors (Lipinski definition) is 3. The second-order valence-electron chi connectivity index (χ2n) is 5.29. The molecule has 0 saturated heterocycles. The Morgan fingerprint density at radius 1 is 0.900 bits per heavy atom. The highest BCUT2D eigenvalue weighted by Gasteiger charge is 2.06. The van der Waals surface area contributed by atoms with E-state index in [1.807, 2.05) is 38.1 Å². The molecule has 0 aliphatic carbocycles. The number of ether oxygens (including phenoxy) is 2. The molecule has 0 bridgehead atoms. The molecule has 0 aliphatic rings. The van der Waals surface area contributed by atoms with E-state index in [1.54, 1.807) is 6.07 Å². The second kappa shape index (κ2) is 5.87. The van der Waals surface area contributed by atoms with Crippen molar-refractivity contribution in [1.29, 1.82) is 0 Å². The lowest BCUT2D eigenvalue weighted by Crippen LogP contribution is -2.07. The van der Waals surface area contributed by atoms with E-state index in [-0.39, 0.29) is 6.10 Å². The van der Waals surface area contributed by atoms with Gasteiger partial charge in [0.1, 0.15) is 17.2 Å². The van der Waals surface area contributed by atoms with Crippen LogP contribution in [0.5, 0.6) is 17.2 Å². The van der Waals surface area contributed by atoms with Crippen LogP contribution in [0.15, 0.2) is 36.4 Å². The zero-order valence-electron chi connectivity index (χ0n) is 12.4. The number of nitrogens with two attached hydrogens (primary N) is 1. The van der Waals surface area contributed by atoms with E-state index in [9.17, 15) is 0 Å². The molecule has 2 rings (SSSR count). The van der Waals surface area contributed by atoms with Crippen LogP contribution in [0.25, 0.3) is 0 Å². The van der Waals surface area contributed by atoms with Gasteiger partial charge in [0.15, 0.2) is 0 Å². The van der Waals surface area contributed by atoms with Gasteiger partial charge >= 0.3 is 0 Å². The molecule has 0 saturated carbocycles. The molecule has 0 aliphatic heterocycles. The number of benzene rings is 2. The van der Waals surface area contributed by atoms with Crippen molar-refractivity contribution in [2.24, 2.45) is 0 Å². The van der Waals surface area contributed by atoms with E-state index in [4.69, 9.17) is 15.2 Å². The molecular weight excluding hydrogens is 250 g/mol. The van der Waals surface area contributed by atoms with Gasteiger partial charge in [-0.1, -0.05) is 6.07 Å². The summed E-state index contributed by atoms with van der Waals surface area (Å²) in [5, 5.41) is 0. The Morgan fingerprint density at radius 2 is 1.55 bits per heavy atom. The highest BCUT2D eigenvalue weighted by molar-refractivity contribution is 5.56. The van der Waals surface area contributed by atoms with Crippen LogP contribution in [0.1, 0.15) is 25.0 Å². The molecule has 2 N–H and O–H groups in total. The standard InChI is InChI=1S/C17H21NO2/c1-11(2)19-17-10-14(5-6-16(17)18)20-15-8-12(3)7-13(4)9-15/h5-11H,18H2,1-4H3. The van der Waals surface area contributed by atoms with Crippen molar-refractivity contribution in [2.45, 2.75) is 33.8 Å². The minimum absolute atomic E-state index is 0.0776. The summed E-state index contributed by atoms with van der Waals surface area (Å²) >= 11 is 0. The number of hydrogen-bond donors (Lipinski definition) is 1. The number of rotatable bonds is 4. The summed E-state index contributed by atoms with van der Waals surface area (Å²) in [6, 6.07) is 11.6. The van der Waals surface area contributed by atoms with E-state index in [1.165, 1.54) is 11.1 Å². The summed E-state index contributed by atoms with van der Waals surface area (Å²) < 4.78 is 11.5. The molecule has 0 aromatic heterocycles. The highest BCUT2D eigenvalue weighted by atomic mass is 16.5. The first kappa shape index (κ1) is 14.3. The van der Waals surface area contributed by atoms with Crippen molar-refractivity contribution < 1.29 is 9.47 Å². The molecular formula is C17H21NO2. The fourth-order valence-electron chi connectivity index (χ4n) is 2.06. The average molecular weight is 271 g/mol. The quantitative estimate of drug-likeness (QED) is 0.835. The lowest BCUT2D eigenvalue weighted by molar-refractivity contribution is 0.243. The minimum atomic E-state index is 0.0776. The first-order chi connectivity index (χ1) is 9.44. The number of anilines is 1. The van der Waals surface area contributed by atoms with Gasteiger partial charge < -0.3 is 15.2 Å². The van der Waals surface area contributed by atoms with Gasteiger partial charge in [-0.25, -0.2) is 0 Å². The molecule has 0 spiro atoms. The summed E-state index contributed by atoms with van der Waals surface area (Å²) in [5.74, 6) is 2.20. The third-order valence-electron chi connectivity index (χ3n) is 2.78. The van der Waals surface area contributed by atoms with Crippen LogP contribution in [0, 0.1) is 13.8 Å². The van der Waals surface area contributed by atoms with Gasteiger partial charge in [-0.05, 0) is 63.1 Å². The molecule has 3 heteroatoms. The molecule has 2 aromatic rings. The SMILES string of the molecule is Cc1cc(C)cc(Oc2ccc(N)c(OC(C)C)c2)c1. The zero-order valence-corrected chi connectivity index (χ0v) is 12.4. The van der Waals surface area contributed by atoms with Gasteiger partial charge in [0.25, 0.3) is 0 Å². The second-order valence-corrected chi connectivity index (χ2v) is 5.29. The Balaban J connectivity index is 2.25. The van der Waals surface area contributed by atoms with Gasteiger partial charge in [-0.2, -0.15) is 0 Å². The summed E-state index contributed by atoms with van der Waals surface area (Å²) in [6.45, 7) is 8.04. The molecule has 2 aromatic carbocycles. The molecule has 0 atom stereocenters. The van der Waals surface area contributed by atoms with Crippen LogP contribution in [-0.2, 0) is 0 Å². The zero-order chi connectivity index (χ0) is 14.7. The van der Waals surface area contributed by atoms with Crippen molar-refractivity contribution in [3.05, 3.63) is 47.5 Å². The summed E-state index contributed by atoms with van der Waals surface area (Å²) in [6.07, 6.45) is 0.0776. The van der Waals surface area contributed by atoms with Crippen LogP contribution in [0.3, 0.4) is 0 Å². The largest absolute Gasteiger partial charge is 0.489 e. The maximum Gasteiger partial charge on any atom is 0.146 e. The van der Waals surface area contributed by atoms with Crippen LogP contribution in [0.2, 0.25) is 0 Å². The molecule has 20 heavy (non-hydrogen) atoms. The third-order valence-corrected chi connectivity index (χ3v) is 2.78. The number of nitrogen functional groups attached to an aromatic ring is 1. The third kappa shape index (κ3) is 3.67. The maximum atomic E-state index is 5.90. The van der Waals surface area contributed by atoms with Crippen LogP contribution in [-0.4, -0.2) is 6.10 Å². The average Bonchev–Trinajstić information content (AvgIpc) is 2.31. The smallest absolute Gasteiger partial charge is 0.146 e. The van der Waals surface area contributed by atoms with Gasteiger partial charge in [0.05, 0.1) is 11.8 Å². The van der Waals surface area contributed by atoms with E-state index >= 15 is 0 Å². The molecule has 3 nitrogen and oxygen atoms in total. The fourth-order valence-corrected chi connectivity index (χ4v) is 2.06. The Bertz CT molecular complexity index is 586. The summed E-state index contributed by atoms with van der Waals surface area (Å²) in [7, 11) is 0. The van der Waals surface area contributed by atoms with Crippen LogP contribution < -0.4 is 15.2 Å². The van der Waals surface area contributed by atoms with Gasteiger partial charge in [-0.15, -0.1) is 0 Å². The lowest BCUT2D eigenvalue weighted by Gasteiger charge is -2.14. The molecule has 0 fully saturated rings. The summed E-state index contributed by atoms with van der Waals surface area (Å²) in [5.41, 5.74) is 8.87. The normalized spacial score (nSPS) is 10.7. The first-order valence-electron chi connectivity index (χ1n) is 6.76. The predicted molar refractivity (Wildman–Crippen MR) is 82.6 cm³/mol. The molecule has 0 amide bonds.